The summed E-state index contributed by atoms with van der Waals surface area (Å²) in [7, 11) is 1.89. The Hall–Kier alpha value is -2.17. The van der Waals surface area contributed by atoms with E-state index in [9.17, 15) is 0 Å². The Labute approximate surface area is 85.8 Å². The summed E-state index contributed by atoms with van der Waals surface area (Å²) < 4.78 is 1.77. The molecule has 0 aliphatic heterocycles. The summed E-state index contributed by atoms with van der Waals surface area (Å²) in [6, 6.07) is 2.02. The van der Waals surface area contributed by atoms with Crippen LogP contribution in [0.15, 0.2) is 30.9 Å². The molecule has 0 atom stereocenters. The van der Waals surface area contributed by atoms with Gasteiger partial charge in [0.05, 0.1) is 17.9 Å². The average Bonchev–Trinajstić information content (AvgIpc) is 2.84. The van der Waals surface area contributed by atoms with E-state index < -0.39 is 0 Å². The third kappa shape index (κ3) is 1.28. The molecule has 0 aliphatic rings. The minimum atomic E-state index is 0.877. The zero-order valence-electron chi connectivity index (χ0n) is 8.18. The number of aromatic amines is 1. The zero-order valence-corrected chi connectivity index (χ0v) is 8.18. The van der Waals surface area contributed by atoms with E-state index in [4.69, 9.17) is 0 Å². The lowest BCUT2D eigenvalue weighted by molar-refractivity contribution is 0.768. The Kier molecular flexibility index (Phi) is 1.58. The highest BCUT2D eigenvalue weighted by Gasteiger charge is 2.03. The second-order valence-electron chi connectivity index (χ2n) is 3.43. The topological polar surface area (TPSA) is 59.4 Å². The van der Waals surface area contributed by atoms with Crippen LogP contribution in [-0.2, 0) is 7.05 Å². The van der Waals surface area contributed by atoms with Crippen LogP contribution < -0.4 is 0 Å². The number of pyridine rings is 1. The first kappa shape index (κ1) is 8.16. The van der Waals surface area contributed by atoms with Crippen LogP contribution in [0.25, 0.3) is 22.2 Å². The second-order valence-corrected chi connectivity index (χ2v) is 3.43. The van der Waals surface area contributed by atoms with Gasteiger partial charge in [0.25, 0.3) is 0 Å². The van der Waals surface area contributed by atoms with Crippen molar-refractivity contribution in [1.29, 1.82) is 0 Å². The van der Waals surface area contributed by atoms with Gasteiger partial charge in [0.15, 0.2) is 0 Å². The van der Waals surface area contributed by atoms with Crippen LogP contribution in [0.4, 0.5) is 0 Å². The number of fused-ring (bicyclic) bond motifs is 1. The monoisotopic (exact) mass is 199 g/mol. The smallest absolute Gasteiger partial charge is 0.108 e. The molecule has 0 unspecified atom stereocenters. The normalized spacial score (nSPS) is 11.0. The Balaban J connectivity index is 2.18. The largest absolute Gasteiger partial charge is 0.276 e. The third-order valence-corrected chi connectivity index (χ3v) is 2.33. The highest BCUT2D eigenvalue weighted by Crippen LogP contribution is 2.20. The maximum Gasteiger partial charge on any atom is 0.108 e. The van der Waals surface area contributed by atoms with E-state index in [1.807, 2.05) is 31.7 Å². The Bertz CT molecular complexity index is 607. The van der Waals surface area contributed by atoms with Crippen LogP contribution in [0.3, 0.4) is 0 Å². The van der Waals surface area contributed by atoms with Crippen LogP contribution in [0, 0.1) is 0 Å². The number of aromatic nitrogens is 5. The zero-order chi connectivity index (χ0) is 10.3. The van der Waals surface area contributed by atoms with E-state index in [0.717, 1.165) is 22.2 Å². The van der Waals surface area contributed by atoms with Crippen molar-refractivity contribution in [2.24, 2.45) is 7.05 Å². The van der Waals surface area contributed by atoms with Crippen LogP contribution >= 0.6 is 0 Å². The summed E-state index contributed by atoms with van der Waals surface area (Å²) in [4.78, 5) is 4.30. The van der Waals surface area contributed by atoms with E-state index in [-0.39, 0.29) is 0 Å². The predicted molar refractivity (Wildman–Crippen MR) is 56.1 cm³/mol. The molecule has 0 aliphatic carbocycles. The first-order valence-corrected chi connectivity index (χ1v) is 4.61. The van der Waals surface area contributed by atoms with Gasteiger partial charge in [-0.1, -0.05) is 0 Å². The van der Waals surface area contributed by atoms with Crippen molar-refractivity contribution in [2.75, 3.05) is 0 Å². The van der Waals surface area contributed by atoms with E-state index in [2.05, 4.69) is 20.3 Å². The van der Waals surface area contributed by atoms with Crippen molar-refractivity contribution >= 4 is 11.0 Å². The van der Waals surface area contributed by atoms with Gasteiger partial charge in [-0.3, -0.25) is 14.8 Å². The first-order valence-electron chi connectivity index (χ1n) is 4.61. The van der Waals surface area contributed by atoms with Gasteiger partial charge in [-0.15, -0.1) is 0 Å². The average molecular weight is 199 g/mol. The highest BCUT2D eigenvalue weighted by molar-refractivity contribution is 5.79. The molecule has 0 bridgehead atoms. The third-order valence-electron chi connectivity index (χ3n) is 2.33. The van der Waals surface area contributed by atoms with Crippen LogP contribution in [0.5, 0.6) is 0 Å². The summed E-state index contributed by atoms with van der Waals surface area (Å²) >= 11 is 0. The van der Waals surface area contributed by atoms with Crippen molar-refractivity contribution in [3.05, 3.63) is 30.9 Å². The number of nitrogens with one attached hydrogen (secondary N) is 1. The molecule has 0 radical (unpaired) electrons. The summed E-state index contributed by atoms with van der Waals surface area (Å²) in [5.74, 6) is 0. The molecular formula is C10H9N5. The van der Waals surface area contributed by atoms with Gasteiger partial charge in [0.1, 0.15) is 5.52 Å². The van der Waals surface area contributed by atoms with Crippen LogP contribution in [-0.4, -0.2) is 25.0 Å². The van der Waals surface area contributed by atoms with Gasteiger partial charge in [-0.05, 0) is 6.07 Å². The fourth-order valence-electron chi connectivity index (χ4n) is 1.56. The predicted octanol–water partition coefficient (Wildman–Crippen LogP) is 1.36. The van der Waals surface area contributed by atoms with Crippen molar-refractivity contribution in [1.82, 2.24) is 25.0 Å². The fourth-order valence-corrected chi connectivity index (χ4v) is 1.56. The maximum atomic E-state index is 4.30. The molecule has 0 fully saturated rings. The van der Waals surface area contributed by atoms with Crippen molar-refractivity contribution in [3.8, 4) is 11.1 Å². The molecule has 5 nitrogen and oxygen atoms in total. The number of nitrogens with zero attached hydrogens (tertiary/aromatic N) is 4. The van der Waals surface area contributed by atoms with E-state index in [1.165, 1.54) is 0 Å². The van der Waals surface area contributed by atoms with Crippen molar-refractivity contribution < 1.29 is 0 Å². The molecule has 3 aromatic rings. The van der Waals surface area contributed by atoms with Gasteiger partial charge < -0.3 is 0 Å². The number of hydrogen-bond acceptors (Lipinski definition) is 3. The number of rotatable bonds is 1. The Morgan fingerprint density at radius 1 is 1.20 bits per heavy atom. The van der Waals surface area contributed by atoms with Crippen LogP contribution in [0.2, 0.25) is 0 Å². The first-order chi connectivity index (χ1) is 7.33. The quantitative estimate of drug-likeness (QED) is 0.643. The van der Waals surface area contributed by atoms with E-state index in [0.29, 0.717) is 0 Å². The minimum Gasteiger partial charge on any atom is -0.276 e. The molecule has 3 rings (SSSR count). The number of hydrogen-bond donors (Lipinski definition) is 1. The van der Waals surface area contributed by atoms with Gasteiger partial charge in [-0.2, -0.15) is 10.2 Å². The summed E-state index contributed by atoms with van der Waals surface area (Å²) in [5, 5.41) is 11.0. The summed E-state index contributed by atoms with van der Waals surface area (Å²) in [6.45, 7) is 0. The molecule has 15 heavy (non-hydrogen) atoms. The molecular weight excluding hydrogens is 190 g/mol. The van der Waals surface area contributed by atoms with Gasteiger partial charge in [-0.25, -0.2) is 0 Å². The van der Waals surface area contributed by atoms with Crippen LogP contribution in [0.1, 0.15) is 0 Å². The summed E-state index contributed by atoms with van der Waals surface area (Å²) in [6.07, 6.45) is 7.32. The molecule has 3 heterocycles. The van der Waals surface area contributed by atoms with E-state index in [1.54, 1.807) is 10.9 Å². The maximum absolute atomic E-state index is 4.30. The standard InChI is InChI=1S/C10H9N5/c1-15-6-8(4-13-15)7-2-9-10(11-3-7)5-12-14-9/h2-6H,1H3,(H,12,14). The number of H-pyrrole nitrogens is 1. The molecule has 0 aromatic carbocycles. The minimum absolute atomic E-state index is 0.877. The molecule has 1 N–H and O–H groups in total. The lowest BCUT2D eigenvalue weighted by atomic mass is 10.1. The molecule has 0 saturated heterocycles. The van der Waals surface area contributed by atoms with Crippen molar-refractivity contribution in [3.63, 3.8) is 0 Å². The van der Waals surface area contributed by atoms with E-state index >= 15 is 0 Å². The SMILES string of the molecule is Cn1cc(-c2cnc3cn[nH]c3c2)cn1. The molecule has 5 heteroatoms. The lowest BCUT2D eigenvalue weighted by Gasteiger charge is -1.95. The molecule has 0 spiro atoms. The Morgan fingerprint density at radius 3 is 2.93 bits per heavy atom. The second kappa shape index (κ2) is 2.91. The van der Waals surface area contributed by atoms with Gasteiger partial charge in [0, 0.05) is 30.6 Å². The summed E-state index contributed by atoms with van der Waals surface area (Å²) in [5.41, 5.74) is 3.92. The molecule has 74 valence electrons. The molecule has 0 saturated carbocycles. The molecule has 3 aromatic heterocycles. The van der Waals surface area contributed by atoms with Crippen molar-refractivity contribution in [2.45, 2.75) is 0 Å². The Morgan fingerprint density at radius 2 is 2.13 bits per heavy atom. The van der Waals surface area contributed by atoms with Gasteiger partial charge >= 0.3 is 0 Å². The molecule has 0 amide bonds. The number of aryl methyl sites for hydroxylation is 1. The van der Waals surface area contributed by atoms with Gasteiger partial charge in [0.2, 0.25) is 0 Å². The highest BCUT2D eigenvalue weighted by atomic mass is 15.2. The fraction of sp³-hybridized carbons (Fsp3) is 0.100. The lowest BCUT2D eigenvalue weighted by Crippen LogP contribution is -1.84.